The van der Waals surface area contributed by atoms with Gasteiger partial charge in [-0.15, -0.1) is 0 Å². The smallest absolute Gasteiger partial charge is 0.267 e. The lowest BCUT2D eigenvalue weighted by Crippen LogP contribution is -2.33. The first-order valence-electron chi connectivity index (χ1n) is 7.11. The summed E-state index contributed by atoms with van der Waals surface area (Å²) in [6, 6.07) is 6.38. The Morgan fingerprint density at radius 1 is 1.42 bits per heavy atom. The van der Waals surface area contributed by atoms with Crippen molar-refractivity contribution in [2.45, 2.75) is 0 Å². The number of hydrogen-bond donors (Lipinski definition) is 3. The van der Waals surface area contributed by atoms with E-state index in [0.29, 0.717) is 0 Å². The van der Waals surface area contributed by atoms with Crippen molar-refractivity contribution in [2.24, 2.45) is 0 Å². The third-order valence-electron chi connectivity index (χ3n) is 3.00. The van der Waals surface area contributed by atoms with Crippen LogP contribution in [-0.2, 0) is 20.7 Å². The van der Waals surface area contributed by atoms with E-state index < -0.39 is 22.9 Å². The SMILES string of the molecule is CNS(=O)NC(=O)/C(=C/OC)c1ccccc1Oc1[nH]cnc(=S)c1F. The molecule has 0 spiro atoms. The minimum atomic E-state index is -1.78. The molecule has 1 aromatic heterocycles. The maximum Gasteiger partial charge on any atom is 0.267 e. The van der Waals surface area contributed by atoms with Gasteiger partial charge in [-0.1, -0.05) is 30.4 Å². The van der Waals surface area contributed by atoms with Gasteiger partial charge in [0, 0.05) is 5.56 Å². The van der Waals surface area contributed by atoms with Crippen LogP contribution in [0.25, 0.3) is 5.57 Å². The van der Waals surface area contributed by atoms with Crippen LogP contribution in [0.3, 0.4) is 0 Å². The van der Waals surface area contributed by atoms with E-state index in [9.17, 15) is 13.4 Å². The lowest BCUT2D eigenvalue weighted by molar-refractivity contribution is -0.114. The number of rotatable bonds is 7. The van der Waals surface area contributed by atoms with Gasteiger partial charge >= 0.3 is 0 Å². The maximum absolute atomic E-state index is 14.1. The zero-order valence-electron chi connectivity index (χ0n) is 13.7. The highest BCUT2D eigenvalue weighted by Gasteiger charge is 2.20. The fourth-order valence-corrected chi connectivity index (χ4v) is 2.40. The summed E-state index contributed by atoms with van der Waals surface area (Å²) in [4.78, 5) is 18.5. The monoisotopic (exact) mass is 398 g/mol. The predicted octanol–water partition coefficient (Wildman–Crippen LogP) is 1.97. The first-order chi connectivity index (χ1) is 12.5. The minimum Gasteiger partial charge on any atom is -0.504 e. The van der Waals surface area contributed by atoms with Gasteiger partial charge in [0.05, 0.1) is 25.3 Å². The molecule has 138 valence electrons. The van der Waals surface area contributed by atoms with Crippen LogP contribution < -0.4 is 14.2 Å². The third-order valence-corrected chi connectivity index (χ3v) is 4.03. The van der Waals surface area contributed by atoms with E-state index in [1.165, 1.54) is 26.6 Å². The van der Waals surface area contributed by atoms with Crippen molar-refractivity contribution in [3.05, 3.63) is 52.9 Å². The molecular weight excluding hydrogens is 383 g/mol. The molecule has 0 aliphatic heterocycles. The Morgan fingerprint density at radius 3 is 2.85 bits per heavy atom. The van der Waals surface area contributed by atoms with Crippen LogP contribution in [0.5, 0.6) is 11.6 Å². The molecule has 0 radical (unpaired) electrons. The average Bonchev–Trinajstić information content (AvgIpc) is 2.64. The van der Waals surface area contributed by atoms with E-state index in [1.807, 2.05) is 0 Å². The highest BCUT2D eigenvalue weighted by atomic mass is 32.2. The van der Waals surface area contributed by atoms with Crippen molar-refractivity contribution >= 4 is 34.9 Å². The summed E-state index contributed by atoms with van der Waals surface area (Å²) in [6.45, 7) is 0. The number of aromatic amines is 1. The number of ether oxygens (including phenoxy) is 2. The van der Waals surface area contributed by atoms with Crippen LogP contribution in [0.2, 0.25) is 0 Å². The number of amides is 1. The summed E-state index contributed by atoms with van der Waals surface area (Å²) in [5, 5.41) is 0. The summed E-state index contributed by atoms with van der Waals surface area (Å²) in [7, 11) is 2.77. The van der Waals surface area contributed by atoms with Crippen molar-refractivity contribution < 1.29 is 22.9 Å². The minimum absolute atomic E-state index is 0.0276. The molecule has 11 heteroatoms. The molecule has 0 aliphatic carbocycles. The molecule has 1 aromatic carbocycles. The predicted molar refractivity (Wildman–Crippen MR) is 96.2 cm³/mol. The van der Waals surface area contributed by atoms with Crippen LogP contribution in [-0.4, -0.2) is 34.2 Å². The number of nitrogens with one attached hydrogen (secondary N) is 3. The molecule has 0 saturated heterocycles. The standard InChI is InChI=1S/C15H15FN4O4S2/c1-17-26(22)20-13(21)10(7-23-2)9-5-3-4-6-11(9)24-14-12(16)15(25)19-8-18-14/h3-8,17H,1-2H3,(H,20,21)(H,18,19,25)/b10-7+. The summed E-state index contributed by atoms with van der Waals surface area (Å²) in [6.07, 6.45) is 2.35. The summed E-state index contributed by atoms with van der Waals surface area (Å²) >= 11 is 2.98. The second-order valence-corrected chi connectivity index (χ2v) is 6.16. The molecule has 1 unspecified atom stereocenters. The highest BCUT2D eigenvalue weighted by Crippen LogP contribution is 2.30. The highest BCUT2D eigenvalue weighted by molar-refractivity contribution is 7.81. The third kappa shape index (κ3) is 4.71. The van der Waals surface area contributed by atoms with Crippen molar-refractivity contribution in [1.82, 2.24) is 19.4 Å². The largest absolute Gasteiger partial charge is 0.504 e. The second-order valence-electron chi connectivity index (χ2n) is 4.62. The number of para-hydroxylation sites is 1. The van der Waals surface area contributed by atoms with Crippen LogP contribution in [0.1, 0.15) is 5.56 Å². The first kappa shape index (κ1) is 19.7. The number of hydrogen-bond acceptors (Lipinski definition) is 6. The number of aromatic nitrogens is 2. The van der Waals surface area contributed by atoms with Crippen LogP contribution in [0.15, 0.2) is 36.9 Å². The van der Waals surface area contributed by atoms with E-state index in [-0.39, 0.29) is 27.4 Å². The molecule has 2 rings (SSSR count). The number of halogens is 1. The first-order valence-corrected chi connectivity index (χ1v) is 8.67. The fraction of sp³-hybridized carbons (Fsp3) is 0.133. The van der Waals surface area contributed by atoms with Gasteiger partial charge in [-0.25, -0.2) is 13.9 Å². The lowest BCUT2D eigenvalue weighted by atomic mass is 10.1. The van der Waals surface area contributed by atoms with E-state index in [0.717, 1.165) is 6.26 Å². The maximum atomic E-state index is 14.1. The molecular formula is C15H15FN4O4S2. The molecule has 0 bridgehead atoms. The van der Waals surface area contributed by atoms with E-state index in [2.05, 4.69) is 19.4 Å². The van der Waals surface area contributed by atoms with E-state index in [1.54, 1.807) is 18.2 Å². The van der Waals surface area contributed by atoms with Gasteiger partial charge in [-0.2, -0.15) is 4.39 Å². The average molecular weight is 398 g/mol. The molecule has 1 atom stereocenters. The number of H-pyrrole nitrogens is 1. The molecule has 0 aliphatic rings. The van der Waals surface area contributed by atoms with Gasteiger partial charge in [0.15, 0.2) is 15.8 Å². The van der Waals surface area contributed by atoms with Gasteiger partial charge in [-0.3, -0.25) is 9.52 Å². The Bertz CT molecular complexity index is 917. The Morgan fingerprint density at radius 2 is 2.15 bits per heavy atom. The van der Waals surface area contributed by atoms with Crippen molar-refractivity contribution in [3.63, 3.8) is 0 Å². The summed E-state index contributed by atoms with van der Waals surface area (Å²) in [5.41, 5.74) is 0.315. The molecule has 1 amide bonds. The summed E-state index contributed by atoms with van der Waals surface area (Å²) < 4.78 is 40.4. The number of methoxy groups -OCH3 is 1. The number of carbonyl (C=O) groups is 1. The summed E-state index contributed by atoms with van der Waals surface area (Å²) in [5.74, 6) is -1.63. The molecule has 0 saturated carbocycles. The van der Waals surface area contributed by atoms with E-state index >= 15 is 0 Å². The zero-order valence-corrected chi connectivity index (χ0v) is 15.4. The van der Waals surface area contributed by atoms with Crippen molar-refractivity contribution in [2.75, 3.05) is 14.2 Å². The number of benzene rings is 1. The Balaban J connectivity index is 2.44. The van der Waals surface area contributed by atoms with Gasteiger partial charge < -0.3 is 14.5 Å². The van der Waals surface area contributed by atoms with Crippen LogP contribution in [0.4, 0.5) is 4.39 Å². The van der Waals surface area contributed by atoms with Crippen molar-refractivity contribution in [3.8, 4) is 11.6 Å². The van der Waals surface area contributed by atoms with E-state index in [4.69, 9.17) is 21.7 Å². The topological polar surface area (TPSA) is 105 Å². The van der Waals surface area contributed by atoms with Crippen LogP contribution in [0, 0.1) is 10.5 Å². The molecule has 26 heavy (non-hydrogen) atoms. The second kappa shape index (κ2) is 9.17. The van der Waals surface area contributed by atoms with Crippen molar-refractivity contribution in [1.29, 1.82) is 0 Å². The molecule has 8 nitrogen and oxygen atoms in total. The molecule has 1 heterocycles. The van der Waals surface area contributed by atoms with Gasteiger partial charge in [0.25, 0.3) is 5.91 Å². The number of carbonyl (C=O) groups excluding carboxylic acids is 1. The number of nitrogens with zero attached hydrogens (tertiary/aromatic N) is 1. The zero-order chi connectivity index (χ0) is 19.1. The van der Waals surface area contributed by atoms with Gasteiger partial charge in [0.1, 0.15) is 5.75 Å². The Hall–Kier alpha value is -2.63. The molecule has 0 fully saturated rings. The fourth-order valence-electron chi connectivity index (χ4n) is 1.88. The van der Waals surface area contributed by atoms with Gasteiger partial charge in [-0.05, 0) is 13.1 Å². The molecule has 2 aromatic rings. The van der Waals surface area contributed by atoms with Crippen LogP contribution >= 0.6 is 12.2 Å². The van der Waals surface area contributed by atoms with Gasteiger partial charge in [0.2, 0.25) is 11.7 Å². The quantitative estimate of drug-likeness (QED) is 0.374. The Kier molecular flexibility index (Phi) is 6.95. The Labute approximate surface area is 156 Å². The lowest BCUT2D eigenvalue weighted by Gasteiger charge is -2.13. The molecule has 3 N–H and O–H groups in total. The normalized spacial score (nSPS) is 12.3.